The summed E-state index contributed by atoms with van der Waals surface area (Å²) in [6.07, 6.45) is 1.36. The molecular weight excluding hydrogens is 474 g/mol. The highest BCUT2D eigenvalue weighted by atomic mass is 79.9. The van der Waals surface area contributed by atoms with Gasteiger partial charge in [-0.2, -0.15) is 5.10 Å². The number of carbonyl (C=O) groups excluding carboxylic acids is 3. The number of nitrogens with one attached hydrogen (secondary N) is 2. The Kier molecular flexibility index (Phi) is 7.88. The molecule has 0 unspecified atom stereocenters. The maximum absolute atomic E-state index is 12.3. The van der Waals surface area contributed by atoms with Crippen LogP contribution >= 0.6 is 15.9 Å². The van der Waals surface area contributed by atoms with Crippen LogP contribution in [-0.4, -0.2) is 30.5 Å². The van der Waals surface area contributed by atoms with E-state index in [1.165, 1.54) is 6.21 Å². The van der Waals surface area contributed by atoms with Crippen molar-refractivity contribution in [3.8, 4) is 5.75 Å². The first-order valence-electron chi connectivity index (χ1n) is 9.66. The van der Waals surface area contributed by atoms with Crippen molar-refractivity contribution in [1.82, 2.24) is 10.7 Å². The summed E-state index contributed by atoms with van der Waals surface area (Å²) >= 11 is 3.36. The van der Waals surface area contributed by atoms with Crippen LogP contribution in [0.25, 0.3) is 0 Å². The average Bonchev–Trinajstić information content (AvgIpc) is 2.79. The molecule has 3 aromatic rings. The molecule has 0 fully saturated rings. The highest BCUT2D eigenvalue weighted by molar-refractivity contribution is 9.10. The van der Waals surface area contributed by atoms with Crippen LogP contribution in [0.1, 0.15) is 31.8 Å². The van der Waals surface area contributed by atoms with E-state index in [1.807, 2.05) is 13.0 Å². The number of aryl methyl sites for hydroxylation is 1. The molecule has 7 nitrogen and oxygen atoms in total. The molecule has 0 aliphatic heterocycles. The van der Waals surface area contributed by atoms with Gasteiger partial charge in [-0.15, -0.1) is 0 Å². The number of rotatable bonds is 7. The van der Waals surface area contributed by atoms with Gasteiger partial charge in [-0.1, -0.05) is 51.8 Å². The van der Waals surface area contributed by atoms with Crippen molar-refractivity contribution in [3.05, 3.63) is 99.5 Å². The largest absolute Gasteiger partial charge is 0.422 e. The van der Waals surface area contributed by atoms with Crippen LogP contribution < -0.4 is 15.5 Å². The number of amides is 2. The summed E-state index contributed by atoms with van der Waals surface area (Å²) in [7, 11) is 0. The summed E-state index contributed by atoms with van der Waals surface area (Å²) in [5.74, 6) is -1.08. The van der Waals surface area contributed by atoms with Crippen molar-refractivity contribution < 1.29 is 19.1 Å². The Morgan fingerprint density at radius 3 is 2.47 bits per heavy atom. The van der Waals surface area contributed by atoms with E-state index in [0.29, 0.717) is 16.7 Å². The molecule has 2 N–H and O–H groups in total. The van der Waals surface area contributed by atoms with Crippen molar-refractivity contribution in [1.29, 1.82) is 0 Å². The van der Waals surface area contributed by atoms with Crippen LogP contribution in [0.4, 0.5) is 0 Å². The maximum Gasteiger partial charge on any atom is 0.343 e. The molecule has 0 heterocycles. The molecule has 0 aliphatic rings. The molecule has 0 spiro atoms. The van der Waals surface area contributed by atoms with Crippen LogP contribution in [0.3, 0.4) is 0 Å². The van der Waals surface area contributed by atoms with Crippen LogP contribution in [0.15, 0.2) is 82.4 Å². The molecule has 8 heteroatoms. The molecule has 3 rings (SSSR count). The summed E-state index contributed by atoms with van der Waals surface area (Å²) in [6.45, 7) is 1.64. The Hall–Kier alpha value is -3.78. The van der Waals surface area contributed by atoms with Gasteiger partial charge in [-0.3, -0.25) is 9.59 Å². The highest BCUT2D eigenvalue weighted by Crippen LogP contribution is 2.23. The third-order valence-electron chi connectivity index (χ3n) is 4.27. The minimum Gasteiger partial charge on any atom is -0.422 e. The lowest BCUT2D eigenvalue weighted by molar-refractivity contribution is -0.120. The van der Waals surface area contributed by atoms with Gasteiger partial charge in [-0.05, 0) is 49.4 Å². The summed E-state index contributed by atoms with van der Waals surface area (Å²) in [5.41, 5.74) is 4.65. The fraction of sp³-hybridized carbons (Fsp3) is 0.0833. The maximum atomic E-state index is 12.3. The van der Waals surface area contributed by atoms with Crippen molar-refractivity contribution >= 4 is 39.9 Å². The summed E-state index contributed by atoms with van der Waals surface area (Å²) in [6, 6.07) is 20.7. The lowest BCUT2D eigenvalue weighted by atomic mass is 10.1. The Balaban J connectivity index is 1.58. The molecule has 0 radical (unpaired) electrons. The average molecular weight is 494 g/mol. The second kappa shape index (κ2) is 11.0. The molecule has 0 saturated heterocycles. The van der Waals surface area contributed by atoms with E-state index in [9.17, 15) is 14.4 Å². The molecular formula is C24H20BrN3O4. The van der Waals surface area contributed by atoms with Crippen LogP contribution in [0.5, 0.6) is 5.75 Å². The number of nitrogens with zero attached hydrogens (tertiary/aromatic N) is 1. The van der Waals surface area contributed by atoms with Gasteiger partial charge in [0, 0.05) is 15.6 Å². The first-order valence-corrected chi connectivity index (χ1v) is 10.5. The van der Waals surface area contributed by atoms with Crippen molar-refractivity contribution in [3.63, 3.8) is 0 Å². The van der Waals surface area contributed by atoms with E-state index in [-0.39, 0.29) is 18.2 Å². The van der Waals surface area contributed by atoms with E-state index in [4.69, 9.17) is 4.74 Å². The second-order valence-corrected chi connectivity index (χ2v) is 7.70. The number of hydrazone groups is 1. The van der Waals surface area contributed by atoms with E-state index in [1.54, 1.807) is 66.7 Å². The summed E-state index contributed by atoms with van der Waals surface area (Å²) in [4.78, 5) is 36.5. The van der Waals surface area contributed by atoms with Gasteiger partial charge in [0.1, 0.15) is 5.75 Å². The molecule has 0 bridgehead atoms. The lowest BCUT2D eigenvalue weighted by Gasteiger charge is -2.08. The van der Waals surface area contributed by atoms with Gasteiger partial charge >= 0.3 is 5.97 Å². The third kappa shape index (κ3) is 6.61. The van der Waals surface area contributed by atoms with E-state index in [2.05, 4.69) is 31.8 Å². The fourth-order valence-electron chi connectivity index (χ4n) is 2.71. The predicted molar refractivity (Wildman–Crippen MR) is 125 cm³/mol. The molecule has 0 aliphatic carbocycles. The Bertz CT molecular complexity index is 1160. The minimum atomic E-state index is -0.509. The van der Waals surface area contributed by atoms with Crippen molar-refractivity contribution in [2.75, 3.05) is 6.54 Å². The standard InChI is InChI=1S/C24H20BrN3O4/c1-16-6-5-9-18(12-16)23(30)26-15-22(29)28-27-14-19-13-20(25)10-11-21(19)32-24(31)17-7-3-2-4-8-17/h2-14H,15H2,1H3,(H,26,30)(H,28,29)/b27-14+. The molecule has 0 saturated carbocycles. The molecule has 2 amide bonds. The SMILES string of the molecule is Cc1cccc(C(=O)NCC(=O)N/N=C/c2cc(Br)ccc2OC(=O)c2ccccc2)c1. The second-order valence-electron chi connectivity index (χ2n) is 6.78. The minimum absolute atomic E-state index is 0.238. The number of halogens is 1. The zero-order valence-corrected chi connectivity index (χ0v) is 18.8. The molecule has 162 valence electrons. The lowest BCUT2D eigenvalue weighted by Crippen LogP contribution is -2.34. The number of carbonyl (C=O) groups is 3. The number of esters is 1. The normalized spacial score (nSPS) is 10.6. The summed E-state index contributed by atoms with van der Waals surface area (Å²) in [5, 5.41) is 6.44. The smallest absolute Gasteiger partial charge is 0.343 e. The van der Waals surface area contributed by atoms with Gasteiger partial charge in [0.05, 0.1) is 18.3 Å². The Morgan fingerprint density at radius 2 is 1.72 bits per heavy atom. The van der Waals surface area contributed by atoms with Gasteiger partial charge in [0.2, 0.25) is 0 Å². The molecule has 0 aromatic heterocycles. The molecule has 32 heavy (non-hydrogen) atoms. The first-order chi connectivity index (χ1) is 15.4. The zero-order valence-electron chi connectivity index (χ0n) is 17.2. The van der Waals surface area contributed by atoms with E-state index >= 15 is 0 Å². The predicted octanol–water partition coefficient (Wildman–Crippen LogP) is 3.86. The topological polar surface area (TPSA) is 96.9 Å². The Morgan fingerprint density at radius 1 is 0.969 bits per heavy atom. The van der Waals surface area contributed by atoms with E-state index < -0.39 is 11.9 Å². The van der Waals surface area contributed by atoms with Gasteiger partial charge in [0.15, 0.2) is 0 Å². The van der Waals surface area contributed by atoms with Gasteiger partial charge in [0.25, 0.3) is 11.8 Å². The van der Waals surface area contributed by atoms with Crippen molar-refractivity contribution in [2.24, 2.45) is 5.10 Å². The van der Waals surface area contributed by atoms with Crippen LogP contribution in [0.2, 0.25) is 0 Å². The number of ether oxygens (including phenoxy) is 1. The van der Waals surface area contributed by atoms with Gasteiger partial charge in [-0.25, -0.2) is 10.2 Å². The van der Waals surface area contributed by atoms with Gasteiger partial charge < -0.3 is 10.1 Å². The van der Waals surface area contributed by atoms with Crippen molar-refractivity contribution in [2.45, 2.75) is 6.92 Å². The van der Waals surface area contributed by atoms with Crippen LogP contribution in [0, 0.1) is 6.92 Å². The zero-order chi connectivity index (χ0) is 22.9. The number of hydrogen-bond acceptors (Lipinski definition) is 5. The fourth-order valence-corrected chi connectivity index (χ4v) is 3.09. The molecule has 3 aromatic carbocycles. The molecule has 0 atom stereocenters. The van der Waals surface area contributed by atoms with Crippen LogP contribution in [-0.2, 0) is 4.79 Å². The summed E-state index contributed by atoms with van der Waals surface area (Å²) < 4.78 is 6.21. The number of hydrogen-bond donors (Lipinski definition) is 2. The monoisotopic (exact) mass is 493 g/mol. The number of benzene rings is 3. The third-order valence-corrected chi connectivity index (χ3v) is 4.76. The van der Waals surface area contributed by atoms with E-state index in [0.717, 1.165) is 10.0 Å². The Labute approximate surface area is 193 Å². The first kappa shape index (κ1) is 22.9. The quantitative estimate of drug-likeness (QED) is 0.226. The highest BCUT2D eigenvalue weighted by Gasteiger charge is 2.12.